The van der Waals surface area contributed by atoms with Crippen molar-refractivity contribution in [1.82, 2.24) is 26.2 Å². The van der Waals surface area contributed by atoms with Crippen molar-refractivity contribution in [3.8, 4) is 5.75 Å². The lowest BCUT2D eigenvalue weighted by atomic mass is 9.94. The topological polar surface area (TPSA) is 175 Å². The third kappa shape index (κ3) is 16.3. The quantitative estimate of drug-likeness (QED) is 0.0624. The maximum absolute atomic E-state index is 14.5. The Morgan fingerprint density at radius 2 is 1.51 bits per heavy atom. The number of carbonyl (C=O) groups excluding carboxylic acids is 5. The molecule has 1 heterocycles. The normalized spacial score (nSPS) is 15.5. The van der Waals surface area contributed by atoms with E-state index in [2.05, 4.69) is 35.1 Å². The van der Waals surface area contributed by atoms with Gasteiger partial charge in [0.25, 0.3) is 0 Å². The van der Waals surface area contributed by atoms with Gasteiger partial charge in [-0.2, -0.15) is 0 Å². The van der Waals surface area contributed by atoms with Crippen LogP contribution in [0.15, 0.2) is 84.9 Å². The molecule has 4 rings (SSSR count). The molecule has 5 N–H and O–H groups in total. The van der Waals surface area contributed by atoms with Gasteiger partial charge in [0.15, 0.2) is 0 Å². The number of carbonyl (C=O) groups is 5. The fourth-order valence-corrected chi connectivity index (χ4v) is 7.40. The summed E-state index contributed by atoms with van der Waals surface area (Å²) in [5.41, 5.74) is 3.59. The van der Waals surface area contributed by atoms with Gasteiger partial charge in [0.05, 0.1) is 12.0 Å². The predicted octanol–water partition coefficient (Wildman–Crippen LogP) is 7.16. The molecule has 1 fully saturated rings. The van der Waals surface area contributed by atoms with E-state index in [0.29, 0.717) is 38.6 Å². The third-order valence-corrected chi connectivity index (χ3v) is 10.4. The summed E-state index contributed by atoms with van der Waals surface area (Å²) in [4.78, 5) is 69.3. The first kappa shape index (κ1) is 47.8. The molecule has 0 saturated carbocycles. The Hall–Kier alpha value is -5.85. The average molecular weight is 840 g/mol. The van der Waals surface area contributed by atoms with Crippen LogP contribution in [0.25, 0.3) is 0 Å². The van der Waals surface area contributed by atoms with Crippen LogP contribution >= 0.6 is 0 Å². The number of phenolic OH excluding ortho intramolecular Hbond substituents is 1. The van der Waals surface area contributed by atoms with Gasteiger partial charge >= 0.3 is 12.2 Å². The first-order valence-electron chi connectivity index (χ1n) is 21.3. The molecule has 3 aromatic carbocycles. The van der Waals surface area contributed by atoms with Crippen LogP contribution in [0.4, 0.5) is 9.59 Å². The van der Waals surface area contributed by atoms with E-state index in [-0.39, 0.29) is 43.7 Å². The minimum Gasteiger partial charge on any atom is -0.508 e. The molecule has 0 radical (unpaired) electrons. The van der Waals surface area contributed by atoms with Crippen molar-refractivity contribution in [2.75, 3.05) is 13.1 Å². The lowest BCUT2D eigenvalue weighted by Crippen LogP contribution is -2.54. The Labute approximate surface area is 361 Å². The van der Waals surface area contributed by atoms with Gasteiger partial charge in [-0.1, -0.05) is 86.7 Å². The fourth-order valence-electron chi connectivity index (χ4n) is 7.40. The van der Waals surface area contributed by atoms with E-state index in [1.165, 1.54) is 0 Å². The van der Waals surface area contributed by atoms with E-state index in [1.807, 2.05) is 86.7 Å². The highest BCUT2D eigenvalue weighted by atomic mass is 16.6. The summed E-state index contributed by atoms with van der Waals surface area (Å²) >= 11 is 0. The highest BCUT2D eigenvalue weighted by molar-refractivity contribution is 5.93. The number of benzene rings is 3. The van der Waals surface area contributed by atoms with E-state index in [4.69, 9.17) is 9.47 Å². The molecule has 13 heteroatoms. The number of aromatic hydroxyl groups is 1. The Bertz CT molecular complexity index is 1920. The van der Waals surface area contributed by atoms with Crippen LogP contribution in [-0.4, -0.2) is 76.7 Å². The second kappa shape index (κ2) is 23.2. The first-order valence-corrected chi connectivity index (χ1v) is 21.3. The zero-order valence-electron chi connectivity index (χ0n) is 36.8. The van der Waals surface area contributed by atoms with Gasteiger partial charge in [-0.3, -0.25) is 14.4 Å². The Kier molecular flexibility index (Phi) is 18.2. The van der Waals surface area contributed by atoms with Crippen LogP contribution in [0.2, 0.25) is 0 Å². The van der Waals surface area contributed by atoms with Crippen LogP contribution < -0.4 is 21.3 Å². The van der Waals surface area contributed by atoms with E-state index in [1.54, 1.807) is 37.8 Å². The van der Waals surface area contributed by atoms with Crippen molar-refractivity contribution in [3.05, 3.63) is 113 Å². The number of rotatable bonds is 19. The standard InChI is InChI=1S/C48H65N5O8/c1-32(2)26-38(51-47(59)61-48(5,6)7)23-22-37(29-35-16-10-8-11-17-35)45(57)53-25-15-21-42(53)44(56)52-41(43(55)50-30-40-33(3)27-39(54)28-34(40)4)20-14-24-49-46(58)60-31-36-18-12-9-13-19-36/h8-13,16-19,22-23,27-28,32,37-38,41-42,54H,14-15,20-21,24-26,29-31H2,1-7H3,(H,49,58)(H,50,55)(H,51,59)(H,52,56)/b23-22+/t37?,38-,41+,42+/m1/s1. The Balaban J connectivity index is 1.49. The highest BCUT2D eigenvalue weighted by Gasteiger charge is 2.38. The van der Waals surface area contributed by atoms with Crippen molar-refractivity contribution < 1.29 is 38.6 Å². The first-order chi connectivity index (χ1) is 29.0. The Morgan fingerprint density at radius 3 is 2.13 bits per heavy atom. The molecular weight excluding hydrogens is 775 g/mol. The summed E-state index contributed by atoms with van der Waals surface area (Å²) < 4.78 is 10.8. The summed E-state index contributed by atoms with van der Waals surface area (Å²) in [5.74, 6) is -1.35. The number of nitrogens with one attached hydrogen (secondary N) is 4. The van der Waals surface area contributed by atoms with Crippen molar-refractivity contribution in [1.29, 1.82) is 0 Å². The monoisotopic (exact) mass is 839 g/mol. The van der Waals surface area contributed by atoms with Gasteiger partial charge in [-0.15, -0.1) is 0 Å². The lowest BCUT2D eigenvalue weighted by molar-refractivity contribution is -0.141. The van der Waals surface area contributed by atoms with Crippen LogP contribution in [0, 0.1) is 25.7 Å². The molecule has 13 nitrogen and oxygen atoms in total. The smallest absolute Gasteiger partial charge is 0.408 e. The maximum atomic E-state index is 14.5. The molecule has 1 aliphatic rings. The fraction of sp³-hybridized carbons (Fsp3) is 0.479. The molecule has 0 aromatic heterocycles. The minimum absolute atomic E-state index is 0.115. The highest BCUT2D eigenvalue weighted by Crippen LogP contribution is 2.25. The van der Waals surface area contributed by atoms with Crippen LogP contribution in [0.3, 0.4) is 0 Å². The predicted molar refractivity (Wildman–Crippen MR) is 235 cm³/mol. The summed E-state index contributed by atoms with van der Waals surface area (Å²) in [6.45, 7) is 14.1. The number of amides is 5. The molecule has 4 atom stereocenters. The molecule has 61 heavy (non-hydrogen) atoms. The molecule has 330 valence electrons. The second-order valence-electron chi connectivity index (χ2n) is 17.2. The number of alkyl carbamates (subject to hydrolysis) is 2. The number of nitrogens with zero attached hydrogens (tertiary/aromatic N) is 1. The molecule has 0 spiro atoms. The van der Waals surface area contributed by atoms with Crippen molar-refractivity contribution in [3.63, 3.8) is 0 Å². The van der Waals surface area contributed by atoms with E-state index < -0.39 is 53.6 Å². The van der Waals surface area contributed by atoms with E-state index in [0.717, 1.165) is 27.8 Å². The van der Waals surface area contributed by atoms with Gasteiger partial charge in [0.1, 0.15) is 30.0 Å². The molecule has 1 saturated heterocycles. The Morgan fingerprint density at radius 1 is 0.869 bits per heavy atom. The number of likely N-dealkylation sites (tertiary alicyclic amines) is 1. The molecule has 3 aromatic rings. The molecule has 1 unspecified atom stereocenters. The molecule has 1 aliphatic heterocycles. The average Bonchev–Trinajstić information content (AvgIpc) is 3.69. The van der Waals surface area contributed by atoms with Crippen LogP contribution in [0.1, 0.15) is 94.5 Å². The van der Waals surface area contributed by atoms with Gasteiger partial charge in [-0.25, -0.2) is 9.59 Å². The van der Waals surface area contributed by atoms with Gasteiger partial charge in [-0.05, 0) is 119 Å². The summed E-state index contributed by atoms with van der Waals surface area (Å²) in [6.07, 6.45) is 5.11. The second-order valence-corrected chi connectivity index (χ2v) is 17.2. The SMILES string of the molecule is Cc1cc(O)cc(C)c1CNC(=O)[C@H](CCCNC(=O)OCc1ccccc1)NC(=O)[C@@H]1CCCN1C(=O)C(/C=C/[C@H](CC(C)C)NC(=O)OC(C)(C)C)Cc1ccccc1. The largest absolute Gasteiger partial charge is 0.508 e. The zero-order chi connectivity index (χ0) is 44.5. The van der Waals surface area contributed by atoms with Crippen molar-refractivity contribution in [2.24, 2.45) is 11.8 Å². The number of aryl methyl sites for hydroxylation is 2. The molecule has 0 aliphatic carbocycles. The van der Waals surface area contributed by atoms with E-state index in [9.17, 15) is 29.1 Å². The van der Waals surface area contributed by atoms with Gasteiger partial charge in [0.2, 0.25) is 17.7 Å². The molecule has 0 bridgehead atoms. The van der Waals surface area contributed by atoms with Gasteiger partial charge in [0, 0.05) is 19.6 Å². The number of ether oxygens (including phenoxy) is 2. The summed E-state index contributed by atoms with van der Waals surface area (Å²) in [5, 5.41) is 21.6. The zero-order valence-corrected chi connectivity index (χ0v) is 36.8. The number of phenols is 1. The number of hydrogen-bond donors (Lipinski definition) is 5. The molecular formula is C48H65N5O8. The van der Waals surface area contributed by atoms with Crippen molar-refractivity contribution in [2.45, 2.75) is 124 Å². The van der Waals surface area contributed by atoms with Crippen LogP contribution in [-0.2, 0) is 43.4 Å². The van der Waals surface area contributed by atoms with Gasteiger partial charge < -0.3 is 40.7 Å². The third-order valence-electron chi connectivity index (χ3n) is 10.4. The van der Waals surface area contributed by atoms with Crippen molar-refractivity contribution >= 4 is 29.9 Å². The summed E-state index contributed by atoms with van der Waals surface area (Å²) in [6, 6.07) is 20.0. The maximum Gasteiger partial charge on any atom is 0.408 e. The summed E-state index contributed by atoms with van der Waals surface area (Å²) in [7, 11) is 0. The van der Waals surface area contributed by atoms with E-state index >= 15 is 0 Å². The number of hydrogen-bond acceptors (Lipinski definition) is 8. The van der Waals surface area contributed by atoms with Crippen LogP contribution in [0.5, 0.6) is 5.75 Å². The molecule has 5 amide bonds. The lowest BCUT2D eigenvalue weighted by Gasteiger charge is -2.29. The minimum atomic E-state index is -0.972.